The summed E-state index contributed by atoms with van der Waals surface area (Å²) in [5, 5.41) is 5.32. The van der Waals surface area contributed by atoms with Gasteiger partial charge in [-0.2, -0.15) is 0 Å². The lowest BCUT2D eigenvalue weighted by atomic mass is 9.93. The minimum Gasteiger partial charge on any atom is -0.302 e. The molecule has 0 aliphatic rings. The summed E-state index contributed by atoms with van der Waals surface area (Å²) in [5.74, 6) is -0.0743. The molecule has 0 atom stereocenters. The predicted molar refractivity (Wildman–Crippen MR) is 73.2 cm³/mol. The van der Waals surface area contributed by atoms with E-state index in [0.717, 1.165) is 5.69 Å². The van der Waals surface area contributed by atoms with Crippen LogP contribution in [-0.2, 0) is 10.2 Å². The molecule has 0 unspecified atom stereocenters. The number of aromatic nitrogens is 1. The lowest BCUT2D eigenvalue weighted by molar-refractivity contribution is -0.114. The summed E-state index contributed by atoms with van der Waals surface area (Å²) in [5.41, 5.74) is 1.06. The summed E-state index contributed by atoms with van der Waals surface area (Å²) in [6, 6.07) is 0. The van der Waals surface area contributed by atoms with E-state index in [4.69, 9.17) is 0 Å². The quantitative estimate of drug-likeness (QED) is 0.809. The van der Waals surface area contributed by atoms with Gasteiger partial charge in [0.05, 0.1) is 5.69 Å². The van der Waals surface area contributed by atoms with Crippen LogP contribution in [0.1, 0.15) is 55.1 Å². The Balaban J connectivity index is 0. The lowest BCUT2D eigenvalue weighted by Crippen LogP contribution is -2.12. The van der Waals surface area contributed by atoms with E-state index in [0.29, 0.717) is 5.13 Å². The predicted octanol–water partition coefficient (Wildman–Crippen LogP) is 4.06. The molecule has 4 heteroatoms. The molecule has 0 aliphatic heterocycles. The molecule has 0 fully saturated rings. The Morgan fingerprint density at radius 3 is 2.31 bits per heavy atom. The van der Waals surface area contributed by atoms with E-state index in [-0.39, 0.29) is 12.7 Å². The summed E-state index contributed by atoms with van der Waals surface area (Å²) in [7, 11) is 0. The number of thiazole rings is 1. The fourth-order valence-corrected chi connectivity index (χ4v) is 1.81. The van der Waals surface area contributed by atoms with E-state index in [9.17, 15) is 4.79 Å². The average Bonchev–Trinajstić information content (AvgIpc) is 2.51. The van der Waals surface area contributed by atoms with Gasteiger partial charge in [0.2, 0.25) is 5.91 Å². The molecule has 0 bridgehead atoms. The standard InChI is InChI=1S/C9H14N2OS.C3H8.H2/c1-6(12)10-8-11-7(5-13-8)9(2,3)4;1-3-2;/h5H,1-4H3,(H,10,11,12);3H2,1-2H3;1H. The van der Waals surface area contributed by atoms with Gasteiger partial charge < -0.3 is 5.32 Å². The number of rotatable bonds is 1. The van der Waals surface area contributed by atoms with Gasteiger partial charge in [0.15, 0.2) is 5.13 Å². The molecular formula is C12H24N2OS. The van der Waals surface area contributed by atoms with Crippen LogP contribution in [0.25, 0.3) is 0 Å². The van der Waals surface area contributed by atoms with Crippen molar-refractivity contribution >= 4 is 22.4 Å². The Morgan fingerprint density at radius 2 is 2.00 bits per heavy atom. The van der Waals surface area contributed by atoms with Crippen molar-refractivity contribution in [1.29, 1.82) is 0 Å². The van der Waals surface area contributed by atoms with Gasteiger partial charge in [0.25, 0.3) is 0 Å². The van der Waals surface area contributed by atoms with Gasteiger partial charge in [-0.15, -0.1) is 11.3 Å². The number of nitrogens with zero attached hydrogens (tertiary/aromatic N) is 1. The maximum Gasteiger partial charge on any atom is 0.223 e. The molecule has 16 heavy (non-hydrogen) atoms. The molecule has 0 radical (unpaired) electrons. The molecule has 1 amide bonds. The molecule has 1 aromatic heterocycles. The van der Waals surface area contributed by atoms with Gasteiger partial charge >= 0.3 is 0 Å². The number of anilines is 1. The second-order valence-corrected chi connectivity index (χ2v) is 5.53. The molecule has 0 saturated carbocycles. The van der Waals surface area contributed by atoms with Gasteiger partial charge in [0, 0.05) is 19.1 Å². The fourth-order valence-electron chi connectivity index (χ4n) is 0.826. The maximum absolute atomic E-state index is 10.7. The maximum atomic E-state index is 10.7. The van der Waals surface area contributed by atoms with Crippen LogP contribution in [0.15, 0.2) is 5.38 Å². The average molecular weight is 244 g/mol. The molecule has 1 N–H and O–H groups in total. The van der Waals surface area contributed by atoms with Crippen molar-refractivity contribution < 1.29 is 6.22 Å². The molecule has 3 nitrogen and oxygen atoms in total. The van der Waals surface area contributed by atoms with Crippen LogP contribution in [0.3, 0.4) is 0 Å². The Hall–Kier alpha value is -0.900. The normalized spacial score (nSPS) is 10.4. The minimum absolute atomic E-state index is 0. The Morgan fingerprint density at radius 1 is 1.50 bits per heavy atom. The number of hydrogen-bond acceptors (Lipinski definition) is 3. The summed E-state index contributed by atoms with van der Waals surface area (Å²) >= 11 is 1.46. The summed E-state index contributed by atoms with van der Waals surface area (Å²) in [6.07, 6.45) is 1.25. The van der Waals surface area contributed by atoms with Crippen molar-refractivity contribution in [2.24, 2.45) is 0 Å². The molecule has 0 spiro atoms. The second kappa shape index (κ2) is 6.63. The second-order valence-electron chi connectivity index (χ2n) is 4.68. The van der Waals surface area contributed by atoms with E-state index in [1.807, 2.05) is 5.38 Å². The third-order valence-corrected chi connectivity index (χ3v) is 2.31. The van der Waals surface area contributed by atoms with Crippen molar-refractivity contribution in [3.8, 4) is 0 Å². The number of hydrogen-bond donors (Lipinski definition) is 1. The summed E-state index contributed by atoms with van der Waals surface area (Å²) in [4.78, 5) is 15.0. The first-order valence-electron chi connectivity index (χ1n) is 5.54. The van der Waals surface area contributed by atoms with Gasteiger partial charge in [-0.3, -0.25) is 4.79 Å². The molecule has 0 aliphatic carbocycles. The molecule has 1 aromatic rings. The number of carbonyl (C=O) groups excluding carboxylic acids is 1. The van der Waals surface area contributed by atoms with Crippen LogP contribution >= 0.6 is 11.3 Å². The van der Waals surface area contributed by atoms with Crippen LogP contribution in [0.5, 0.6) is 0 Å². The topological polar surface area (TPSA) is 42.0 Å². The Labute approximate surface area is 104 Å². The van der Waals surface area contributed by atoms with E-state index in [1.165, 1.54) is 24.7 Å². The number of carbonyl (C=O) groups is 1. The molecular weight excluding hydrogens is 220 g/mol. The van der Waals surface area contributed by atoms with Crippen molar-refractivity contribution in [3.05, 3.63) is 11.1 Å². The zero-order valence-electron chi connectivity index (χ0n) is 11.0. The van der Waals surface area contributed by atoms with Gasteiger partial charge in [0.1, 0.15) is 0 Å². The molecule has 1 heterocycles. The molecule has 94 valence electrons. The highest BCUT2D eigenvalue weighted by molar-refractivity contribution is 7.13. The van der Waals surface area contributed by atoms with Crippen LogP contribution in [0, 0.1) is 0 Å². The first kappa shape index (κ1) is 15.1. The fraction of sp³-hybridized carbons (Fsp3) is 0.667. The highest BCUT2D eigenvalue weighted by Crippen LogP contribution is 2.26. The smallest absolute Gasteiger partial charge is 0.223 e. The Bertz CT molecular complexity index is 331. The van der Waals surface area contributed by atoms with Crippen molar-refractivity contribution in [3.63, 3.8) is 0 Å². The largest absolute Gasteiger partial charge is 0.302 e. The third-order valence-electron chi connectivity index (χ3n) is 1.56. The van der Waals surface area contributed by atoms with E-state index >= 15 is 0 Å². The molecule has 0 saturated heterocycles. The van der Waals surface area contributed by atoms with Crippen LogP contribution in [0.2, 0.25) is 0 Å². The third kappa shape index (κ3) is 5.85. The van der Waals surface area contributed by atoms with Gasteiger partial charge in [-0.25, -0.2) is 4.98 Å². The van der Waals surface area contributed by atoms with Gasteiger partial charge in [-0.1, -0.05) is 41.0 Å². The monoisotopic (exact) mass is 244 g/mol. The van der Waals surface area contributed by atoms with E-state index in [2.05, 4.69) is 44.9 Å². The van der Waals surface area contributed by atoms with Crippen molar-refractivity contribution in [1.82, 2.24) is 4.98 Å². The zero-order chi connectivity index (χ0) is 12.8. The van der Waals surface area contributed by atoms with E-state index in [1.54, 1.807) is 0 Å². The van der Waals surface area contributed by atoms with Crippen molar-refractivity contribution in [2.45, 2.75) is 53.4 Å². The van der Waals surface area contributed by atoms with Gasteiger partial charge in [-0.05, 0) is 0 Å². The van der Waals surface area contributed by atoms with E-state index < -0.39 is 0 Å². The zero-order valence-corrected chi connectivity index (χ0v) is 11.9. The lowest BCUT2D eigenvalue weighted by Gasteiger charge is -2.13. The Kier molecular flexibility index (Phi) is 6.26. The first-order chi connectivity index (χ1) is 7.31. The molecule has 0 aromatic carbocycles. The SMILES string of the molecule is CC(=O)Nc1nc(C(C)(C)C)cs1.CCC.[HH]. The first-order valence-corrected chi connectivity index (χ1v) is 6.42. The highest BCUT2D eigenvalue weighted by atomic mass is 32.1. The molecule has 1 rings (SSSR count). The summed E-state index contributed by atoms with van der Waals surface area (Å²) in [6.45, 7) is 12.0. The van der Waals surface area contributed by atoms with Crippen LogP contribution < -0.4 is 5.32 Å². The van der Waals surface area contributed by atoms with Crippen LogP contribution in [0.4, 0.5) is 5.13 Å². The minimum atomic E-state index is -0.0743. The summed E-state index contributed by atoms with van der Waals surface area (Å²) < 4.78 is 0. The highest BCUT2D eigenvalue weighted by Gasteiger charge is 2.17. The number of nitrogens with one attached hydrogen (secondary N) is 1. The van der Waals surface area contributed by atoms with Crippen LogP contribution in [-0.4, -0.2) is 10.9 Å². The number of amides is 1. The van der Waals surface area contributed by atoms with Crippen molar-refractivity contribution in [2.75, 3.05) is 5.32 Å².